The second kappa shape index (κ2) is 3.77. The highest BCUT2D eigenvalue weighted by atomic mass is 35.5. The van der Waals surface area contributed by atoms with Crippen LogP contribution in [0.1, 0.15) is 28.8 Å². The van der Waals surface area contributed by atoms with E-state index in [1.54, 1.807) is 0 Å². The van der Waals surface area contributed by atoms with Gasteiger partial charge >= 0.3 is 6.18 Å². The van der Waals surface area contributed by atoms with Crippen molar-refractivity contribution in [1.82, 2.24) is 0 Å². The second-order valence-corrected chi connectivity index (χ2v) is 4.24. The third-order valence-electron chi connectivity index (χ3n) is 2.51. The molecule has 5 heteroatoms. The van der Waals surface area contributed by atoms with Crippen molar-refractivity contribution in [2.75, 3.05) is 0 Å². The van der Waals surface area contributed by atoms with Crippen LogP contribution >= 0.6 is 11.6 Å². The number of alkyl halides is 3. The number of hydrogen-bond acceptors (Lipinski definition) is 1. The van der Waals surface area contributed by atoms with E-state index < -0.39 is 11.7 Å². The van der Waals surface area contributed by atoms with Gasteiger partial charge in [0.2, 0.25) is 0 Å². The molecule has 1 aliphatic carbocycles. The highest BCUT2D eigenvalue weighted by Crippen LogP contribution is 2.37. The van der Waals surface area contributed by atoms with Gasteiger partial charge in [-0.2, -0.15) is 13.2 Å². The van der Waals surface area contributed by atoms with Crippen LogP contribution < -0.4 is 0 Å². The number of hydrogen-bond donors (Lipinski definition) is 0. The molecule has 0 bridgehead atoms. The minimum absolute atomic E-state index is 0.0470. The lowest BCUT2D eigenvalue weighted by molar-refractivity contribution is -0.137. The molecule has 1 aromatic rings. The van der Waals surface area contributed by atoms with Crippen LogP contribution in [0.2, 0.25) is 5.02 Å². The molecule has 0 radical (unpaired) electrons. The Morgan fingerprint density at radius 2 is 1.94 bits per heavy atom. The van der Waals surface area contributed by atoms with Crippen molar-refractivity contribution in [2.45, 2.75) is 19.0 Å². The van der Waals surface area contributed by atoms with Gasteiger partial charge in [-0.05, 0) is 31.0 Å². The summed E-state index contributed by atoms with van der Waals surface area (Å²) < 4.78 is 37.0. The van der Waals surface area contributed by atoms with Crippen LogP contribution in [0.25, 0.3) is 0 Å². The fourth-order valence-corrected chi connectivity index (χ4v) is 1.73. The normalized spacial score (nSPS) is 16.2. The maximum atomic E-state index is 12.3. The summed E-state index contributed by atoms with van der Waals surface area (Å²) in [7, 11) is 0. The van der Waals surface area contributed by atoms with Crippen LogP contribution in [0.4, 0.5) is 13.2 Å². The van der Waals surface area contributed by atoms with Crippen LogP contribution in [-0.4, -0.2) is 5.78 Å². The van der Waals surface area contributed by atoms with Crippen molar-refractivity contribution in [2.24, 2.45) is 5.92 Å². The van der Waals surface area contributed by atoms with E-state index in [9.17, 15) is 18.0 Å². The lowest BCUT2D eigenvalue weighted by Gasteiger charge is -2.08. The third-order valence-corrected chi connectivity index (χ3v) is 2.82. The first kappa shape index (κ1) is 11.5. The Kier molecular flexibility index (Phi) is 2.70. The van der Waals surface area contributed by atoms with Crippen LogP contribution in [0.5, 0.6) is 0 Å². The van der Waals surface area contributed by atoms with E-state index in [0.29, 0.717) is 0 Å². The first-order valence-electron chi connectivity index (χ1n) is 4.80. The maximum Gasteiger partial charge on any atom is 0.416 e. The van der Waals surface area contributed by atoms with E-state index in [2.05, 4.69) is 0 Å². The van der Waals surface area contributed by atoms with Crippen LogP contribution in [0.3, 0.4) is 0 Å². The lowest BCUT2D eigenvalue weighted by atomic mass is 10.0. The summed E-state index contributed by atoms with van der Waals surface area (Å²) in [5.74, 6) is -0.201. The molecule has 0 spiro atoms. The van der Waals surface area contributed by atoms with Crippen molar-refractivity contribution >= 4 is 17.4 Å². The Bertz CT molecular complexity index is 435. The largest absolute Gasteiger partial charge is 0.416 e. The number of Topliss-reactive ketones (excluding diaryl/α,β-unsaturated/α-hetero) is 1. The molecule has 0 amide bonds. The van der Waals surface area contributed by atoms with Crippen LogP contribution in [0.15, 0.2) is 18.2 Å². The molecule has 1 saturated carbocycles. The molecule has 16 heavy (non-hydrogen) atoms. The van der Waals surface area contributed by atoms with Gasteiger partial charge in [0.1, 0.15) is 0 Å². The smallest absolute Gasteiger partial charge is 0.294 e. The summed E-state index contributed by atoms with van der Waals surface area (Å²) in [6.45, 7) is 0. The number of carbonyl (C=O) groups excluding carboxylic acids is 1. The Morgan fingerprint density at radius 1 is 1.31 bits per heavy atom. The van der Waals surface area contributed by atoms with E-state index in [4.69, 9.17) is 11.6 Å². The summed E-state index contributed by atoms with van der Waals surface area (Å²) in [5.41, 5.74) is -0.637. The van der Waals surface area contributed by atoms with Gasteiger partial charge < -0.3 is 0 Å². The van der Waals surface area contributed by atoms with Crippen molar-refractivity contribution in [3.8, 4) is 0 Å². The summed E-state index contributed by atoms with van der Waals surface area (Å²) in [6.07, 6.45) is -2.82. The molecular formula is C11H8ClF3O. The van der Waals surface area contributed by atoms with E-state index in [0.717, 1.165) is 31.0 Å². The third kappa shape index (κ3) is 2.21. The predicted molar refractivity (Wildman–Crippen MR) is 53.5 cm³/mol. The van der Waals surface area contributed by atoms with E-state index in [1.807, 2.05) is 0 Å². The van der Waals surface area contributed by atoms with Gasteiger partial charge in [-0.3, -0.25) is 4.79 Å². The quantitative estimate of drug-likeness (QED) is 0.724. The average molecular weight is 249 g/mol. The summed E-state index contributed by atoms with van der Waals surface area (Å²) >= 11 is 5.68. The SMILES string of the molecule is O=C(c1ccc(C(F)(F)F)cc1Cl)C1CC1. The standard InChI is InChI=1S/C11H8ClF3O/c12-9-5-7(11(13,14)15)3-4-8(9)10(16)6-1-2-6/h3-6H,1-2H2. The lowest BCUT2D eigenvalue weighted by Crippen LogP contribution is -2.07. The van der Waals surface area contributed by atoms with Gasteiger partial charge in [-0.25, -0.2) is 0 Å². The molecule has 0 atom stereocenters. The maximum absolute atomic E-state index is 12.3. The van der Waals surface area contributed by atoms with Gasteiger partial charge in [0, 0.05) is 11.5 Å². The predicted octanol–water partition coefficient (Wildman–Crippen LogP) is 3.95. The number of ketones is 1. The first-order valence-corrected chi connectivity index (χ1v) is 5.18. The molecule has 0 unspecified atom stereocenters. The zero-order valence-electron chi connectivity index (χ0n) is 8.14. The molecule has 0 aromatic heterocycles. The average Bonchev–Trinajstić information content (AvgIpc) is 2.98. The topological polar surface area (TPSA) is 17.1 Å². The molecule has 2 rings (SSSR count). The van der Waals surface area contributed by atoms with Crippen LogP contribution in [-0.2, 0) is 6.18 Å². The van der Waals surface area contributed by atoms with Crippen molar-refractivity contribution < 1.29 is 18.0 Å². The minimum Gasteiger partial charge on any atom is -0.294 e. The molecule has 86 valence electrons. The van der Waals surface area contributed by atoms with Crippen LogP contribution in [0, 0.1) is 5.92 Å². The van der Waals surface area contributed by atoms with Gasteiger partial charge in [-0.15, -0.1) is 0 Å². The number of halogens is 4. The molecule has 0 N–H and O–H groups in total. The number of carbonyl (C=O) groups is 1. The molecule has 1 fully saturated rings. The molecule has 1 nitrogen and oxygen atoms in total. The summed E-state index contributed by atoms with van der Waals surface area (Å²) in [4.78, 5) is 11.6. The monoisotopic (exact) mass is 248 g/mol. The molecule has 0 saturated heterocycles. The summed E-state index contributed by atoms with van der Waals surface area (Å²) in [6, 6.07) is 2.85. The highest BCUT2D eigenvalue weighted by molar-refractivity contribution is 6.34. The van der Waals surface area contributed by atoms with Gasteiger partial charge in [0.25, 0.3) is 0 Å². The van der Waals surface area contributed by atoms with E-state index in [1.165, 1.54) is 0 Å². The van der Waals surface area contributed by atoms with E-state index in [-0.39, 0.29) is 22.3 Å². The zero-order valence-corrected chi connectivity index (χ0v) is 8.90. The van der Waals surface area contributed by atoms with E-state index >= 15 is 0 Å². The fraction of sp³-hybridized carbons (Fsp3) is 0.364. The first-order chi connectivity index (χ1) is 7.39. The minimum atomic E-state index is -4.43. The molecule has 1 aliphatic rings. The fourth-order valence-electron chi connectivity index (χ4n) is 1.46. The zero-order chi connectivity index (χ0) is 11.9. The number of benzene rings is 1. The molecule has 0 heterocycles. The number of rotatable bonds is 2. The van der Waals surface area contributed by atoms with Gasteiger partial charge in [-0.1, -0.05) is 11.6 Å². The molecule has 0 aliphatic heterocycles. The van der Waals surface area contributed by atoms with Gasteiger partial charge in [0.05, 0.1) is 10.6 Å². The molecule has 1 aromatic carbocycles. The highest BCUT2D eigenvalue weighted by Gasteiger charge is 2.34. The Balaban J connectivity index is 2.33. The van der Waals surface area contributed by atoms with Gasteiger partial charge in [0.15, 0.2) is 5.78 Å². The van der Waals surface area contributed by atoms with Crippen molar-refractivity contribution in [1.29, 1.82) is 0 Å². The second-order valence-electron chi connectivity index (χ2n) is 3.83. The Labute approximate surface area is 95.2 Å². The Morgan fingerprint density at radius 3 is 2.38 bits per heavy atom. The summed E-state index contributed by atoms with van der Waals surface area (Å²) in [5, 5.41) is -0.119. The van der Waals surface area contributed by atoms with Crippen molar-refractivity contribution in [3.63, 3.8) is 0 Å². The molecular weight excluding hydrogens is 241 g/mol. The Hall–Kier alpha value is -1.03. The van der Waals surface area contributed by atoms with Crippen molar-refractivity contribution in [3.05, 3.63) is 34.3 Å².